The minimum atomic E-state index is -3.09. The summed E-state index contributed by atoms with van der Waals surface area (Å²) in [5, 5.41) is 16.7. The lowest BCUT2D eigenvalue weighted by Crippen LogP contribution is -2.63. The molecule has 0 saturated carbocycles. The fourth-order valence-corrected chi connectivity index (χ4v) is 6.54. The van der Waals surface area contributed by atoms with Gasteiger partial charge in [-0.25, -0.2) is 23.4 Å². The predicted octanol–water partition coefficient (Wildman–Crippen LogP) is 3.79. The molecule has 11 heteroatoms. The monoisotopic (exact) mass is 548 g/mol. The smallest absolute Gasteiger partial charge is 0.164 e. The van der Waals surface area contributed by atoms with E-state index in [4.69, 9.17) is 11.1 Å². The number of aromatic nitrogens is 3. The van der Waals surface area contributed by atoms with Gasteiger partial charge in [-0.15, -0.1) is 0 Å². The van der Waals surface area contributed by atoms with Gasteiger partial charge in [-0.05, 0) is 54.8 Å². The molecule has 0 radical (unpaired) electrons. The van der Waals surface area contributed by atoms with E-state index in [9.17, 15) is 8.42 Å². The van der Waals surface area contributed by atoms with Gasteiger partial charge in [0.2, 0.25) is 0 Å². The number of pyridine rings is 1. The molecule has 0 amide bonds. The third-order valence-corrected chi connectivity index (χ3v) is 8.54. The molecule has 0 aliphatic carbocycles. The van der Waals surface area contributed by atoms with Crippen LogP contribution < -0.4 is 21.3 Å². The van der Waals surface area contributed by atoms with Crippen molar-refractivity contribution in [2.75, 3.05) is 28.8 Å². The van der Waals surface area contributed by atoms with Crippen LogP contribution in [-0.4, -0.2) is 60.3 Å². The number of hydrogen-bond donors (Lipinski definition) is 4. The van der Waals surface area contributed by atoms with Crippen molar-refractivity contribution in [1.29, 1.82) is 5.41 Å². The van der Waals surface area contributed by atoms with Crippen molar-refractivity contribution in [2.24, 2.45) is 11.7 Å². The van der Waals surface area contributed by atoms with E-state index in [1.165, 1.54) is 18.0 Å². The van der Waals surface area contributed by atoms with Gasteiger partial charge in [0.15, 0.2) is 5.82 Å². The van der Waals surface area contributed by atoms with E-state index in [1.54, 1.807) is 12.3 Å². The van der Waals surface area contributed by atoms with Crippen LogP contribution in [0.3, 0.4) is 0 Å². The maximum Gasteiger partial charge on any atom is 0.164 e. The Balaban J connectivity index is 1.45. The summed E-state index contributed by atoms with van der Waals surface area (Å²) in [6, 6.07) is 8.35. The van der Waals surface area contributed by atoms with Crippen molar-refractivity contribution in [3.05, 3.63) is 53.7 Å². The summed E-state index contributed by atoms with van der Waals surface area (Å²) in [5.74, 6) is 2.01. The van der Waals surface area contributed by atoms with E-state index >= 15 is 0 Å². The van der Waals surface area contributed by atoms with E-state index in [0.29, 0.717) is 35.6 Å². The lowest BCUT2D eigenvalue weighted by Gasteiger charge is -2.47. The molecular formula is C28H36N8O2S. The number of allylic oxidation sites excluding steroid dienone is 2. The molecule has 3 aromatic rings. The lowest BCUT2D eigenvalue weighted by atomic mass is 9.92. The molecule has 10 nitrogen and oxygen atoms in total. The highest BCUT2D eigenvalue weighted by Gasteiger charge is 2.39. The van der Waals surface area contributed by atoms with Crippen LogP contribution in [0.1, 0.15) is 50.9 Å². The number of fused-ring (bicyclic) bond motifs is 1. The Labute approximate surface area is 229 Å². The first-order valence-corrected chi connectivity index (χ1v) is 15.3. The van der Waals surface area contributed by atoms with Crippen LogP contribution >= 0.6 is 0 Å². The Bertz CT molecular complexity index is 1550. The molecule has 3 atom stereocenters. The molecule has 0 spiro atoms. The van der Waals surface area contributed by atoms with E-state index in [0.717, 1.165) is 35.0 Å². The highest BCUT2D eigenvalue weighted by atomic mass is 32.2. The van der Waals surface area contributed by atoms with Gasteiger partial charge in [0.25, 0.3) is 0 Å². The summed E-state index contributed by atoms with van der Waals surface area (Å²) in [6.45, 7) is 7.02. The Morgan fingerprint density at radius 1 is 1.26 bits per heavy atom. The van der Waals surface area contributed by atoms with Crippen LogP contribution in [-0.2, 0) is 9.84 Å². The van der Waals surface area contributed by atoms with Crippen LogP contribution in [0.15, 0.2) is 42.4 Å². The van der Waals surface area contributed by atoms with Gasteiger partial charge in [-0.2, -0.15) is 0 Å². The first-order chi connectivity index (χ1) is 18.5. The Kier molecular flexibility index (Phi) is 7.30. The van der Waals surface area contributed by atoms with Crippen LogP contribution in [0.5, 0.6) is 0 Å². The minimum absolute atomic E-state index is 0.0887. The van der Waals surface area contributed by atoms with Crippen molar-refractivity contribution in [1.82, 2.24) is 20.3 Å². The summed E-state index contributed by atoms with van der Waals surface area (Å²) in [4.78, 5) is 15.8. The molecule has 39 heavy (non-hydrogen) atoms. The highest BCUT2D eigenvalue weighted by molar-refractivity contribution is 7.90. The molecular weight excluding hydrogens is 512 g/mol. The molecule has 2 aliphatic heterocycles. The number of nitrogens with two attached hydrogens (primary N) is 1. The molecule has 2 aliphatic rings. The maximum atomic E-state index is 11.8. The third-order valence-electron chi connectivity index (χ3n) is 7.50. The van der Waals surface area contributed by atoms with E-state index in [2.05, 4.69) is 63.4 Å². The van der Waals surface area contributed by atoms with Crippen molar-refractivity contribution in [3.8, 4) is 0 Å². The van der Waals surface area contributed by atoms with Crippen LogP contribution in [0.4, 0.5) is 17.3 Å². The standard InChI is InChI=1S/C28H36N8O2S/c1-16(2)19-6-8-24(36-14-18(27(36)30)15-39(4,37)38)22-13-32-26(11-20(19)22)34-25-9-10-31-28(35-25)21(12-29)23-7-5-17(3)33-23/h6,8-13,16-18,27,29,33H,5,7,14-15,30H2,1-4H3,(H,31,32,34,35)/b23-21+,29-12?/t17-,18+,27-/m0/s1. The first-order valence-electron chi connectivity index (χ1n) is 13.3. The molecule has 5 rings (SSSR count). The van der Waals surface area contributed by atoms with Crippen molar-refractivity contribution in [2.45, 2.75) is 51.7 Å². The average Bonchev–Trinajstić information content (AvgIpc) is 3.31. The number of anilines is 3. The summed E-state index contributed by atoms with van der Waals surface area (Å²) in [5.41, 5.74) is 10.2. The zero-order chi connectivity index (χ0) is 27.9. The minimum Gasteiger partial charge on any atom is -0.385 e. The van der Waals surface area contributed by atoms with Gasteiger partial charge in [-0.1, -0.05) is 19.9 Å². The summed E-state index contributed by atoms with van der Waals surface area (Å²) < 4.78 is 23.6. The predicted molar refractivity (Wildman–Crippen MR) is 157 cm³/mol. The number of rotatable bonds is 8. The zero-order valence-corrected chi connectivity index (χ0v) is 23.6. The summed E-state index contributed by atoms with van der Waals surface area (Å²) in [7, 11) is -3.09. The SMILES string of the molecule is CC(C)c1ccc(N2C[C@H](CS(C)(=O)=O)[C@H]2N)c2cnc(Nc3ccnc(/C(C=N)=C4\CC[C@H](C)N4)n3)cc12. The molecule has 4 heterocycles. The van der Waals surface area contributed by atoms with Gasteiger partial charge >= 0.3 is 0 Å². The highest BCUT2D eigenvalue weighted by Crippen LogP contribution is 2.38. The normalized spacial score (nSPS) is 22.5. The molecule has 206 valence electrons. The van der Waals surface area contributed by atoms with Gasteiger partial charge in [-0.3, -0.25) is 0 Å². The van der Waals surface area contributed by atoms with Crippen molar-refractivity contribution < 1.29 is 8.42 Å². The first kappa shape index (κ1) is 27.0. The second-order valence-corrected chi connectivity index (χ2v) is 13.1. The van der Waals surface area contributed by atoms with Gasteiger partial charge in [0.1, 0.15) is 21.5 Å². The average molecular weight is 549 g/mol. The van der Waals surface area contributed by atoms with E-state index < -0.39 is 9.84 Å². The summed E-state index contributed by atoms with van der Waals surface area (Å²) in [6.07, 6.45) is 7.62. The number of hydrogen-bond acceptors (Lipinski definition) is 10. The topological polar surface area (TPSA) is 150 Å². The Hall–Kier alpha value is -3.57. The number of benzene rings is 1. The largest absolute Gasteiger partial charge is 0.385 e. The molecule has 2 fully saturated rings. The van der Waals surface area contributed by atoms with Gasteiger partial charge in [0.05, 0.1) is 17.5 Å². The van der Waals surface area contributed by atoms with E-state index in [-0.39, 0.29) is 23.8 Å². The maximum absolute atomic E-state index is 11.8. The van der Waals surface area contributed by atoms with Crippen LogP contribution in [0.2, 0.25) is 0 Å². The summed E-state index contributed by atoms with van der Waals surface area (Å²) >= 11 is 0. The number of nitrogens with one attached hydrogen (secondary N) is 3. The quantitative estimate of drug-likeness (QED) is 0.308. The second kappa shape index (κ2) is 10.5. The van der Waals surface area contributed by atoms with Gasteiger partial charge < -0.3 is 26.7 Å². The number of nitrogens with zero attached hydrogens (tertiary/aromatic N) is 4. The van der Waals surface area contributed by atoms with E-state index in [1.807, 2.05) is 12.3 Å². The molecule has 1 aromatic carbocycles. The van der Waals surface area contributed by atoms with Crippen molar-refractivity contribution >= 4 is 49.7 Å². The molecule has 0 bridgehead atoms. The fraction of sp³-hybridized carbons (Fsp3) is 0.429. The molecule has 5 N–H and O–H groups in total. The van der Waals surface area contributed by atoms with Crippen LogP contribution in [0, 0.1) is 11.3 Å². The molecule has 0 unspecified atom stereocenters. The second-order valence-electron chi connectivity index (χ2n) is 11.0. The van der Waals surface area contributed by atoms with Gasteiger partial charge in [0, 0.05) is 60.1 Å². The number of sulfone groups is 1. The Morgan fingerprint density at radius 3 is 2.69 bits per heavy atom. The van der Waals surface area contributed by atoms with Crippen LogP contribution in [0.25, 0.3) is 16.3 Å². The van der Waals surface area contributed by atoms with Crippen molar-refractivity contribution in [3.63, 3.8) is 0 Å². The fourth-order valence-electron chi connectivity index (χ4n) is 5.46. The third kappa shape index (κ3) is 5.60. The lowest BCUT2D eigenvalue weighted by molar-refractivity contribution is 0.328. The Morgan fingerprint density at radius 2 is 2.05 bits per heavy atom. The zero-order valence-electron chi connectivity index (χ0n) is 22.8. The molecule has 2 aromatic heterocycles. The molecule has 2 saturated heterocycles.